The molecule has 2 aromatic rings. The molecule has 6 heteroatoms. The molecule has 2 aliphatic rings. The number of ether oxygens (including phenoxy) is 3. The van der Waals surface area contributed by atoms with Gasteiger partial charge in [-0.2, -0.15) is 0 Å². The first kappa shape index (κ1) is 20.8. The summed E-state index contributed by atoms with van der Waals surface area (Å²) >= 11 is 0. The molecule has 1 aliphatic carbocycles. The Balaban J connectivity index is 1.79. The second-order valence-corrected chi connectivity index (χ2v) is 7.62. The van der Waals surface area contributed by atoms with Crippen molar-refractivity contribution in [2.75, 3.05) is 20.8 Å². The first-order valence-corrected chi connectivity index (χ1v) is 10.5. The fourth-order valence-corrected chi connectivity index (χ4v) is 4.30. The molecule has 1 N–H and O–H groups in total. The molecule has 0 bridgehead atoms. The van der Waals surface area contributed by atoms with E-state index in [-0.39, 0.29) is 12.0 Å². The minimum absolute atomic E-state index is 0.0362. The molecule has 4 rings (SSSR count). The Hall–Kier alpha value is -3.41. The zero-order valence-corrected chi connectivity index (χ0v) is 18.4. The molecule has 0 saturated heterocycles. The fraction of sp³-hybridized carbons (Fsp3) is 0.320. The molecule has 1 atom stereocenters. The number of methoxy groups -OCH3 is 2. The number of allylic oxidation sites excluding steroid dienone is 1. The predicted molar refractivity (Wildman–Crippen MR) is 119 cm³/mol. The smallest absolute Gasteiger partial charge is 0.332 e. The summed E-state index contributed by atoms with van der Waals surface area (Å²) in [6, 6.07) is 14.3. The predicted octanol–water partition coefficient (Wildman–Crippen LogP) is 4.39. The number of hydrazine groups is 1. The van der Waals surface area contributed by atoms with Crippen LogP contribution in [0.2, 0.25) is 0 Å². The van der Waals surface area contributed by atoms with Crippen molar-refractivity contribution in [2.45, 2.75) is 32.7 Å². The van der Waals surface area contributed by atoms with Crippen LogP contribution in [0.3, 0.4) is 0 Å². The fourth-order valence-electron chi connectivity index (χ4n) is 4.30. The summed E-state index contributed by atoms with van der Waals surface area (Å²) in [5, 5.41) is 2.05. The van der Waals surface area contributed by atoms with E-state index in [9.17, 15) is 4.79 Å². The van der Waals surface area contributed by atoms with E-state index >= 15 is 0 Å². The highest BCUT2D eigenvalue weighted by molar-refractivity contribution is 5.83. The molecule has 1 aliphatic heterocycles. The van der Waals surface area contributed by atoms with Crippen LogP contribution >= 0.6 is 0 Å². The summed E-state index contributed by atoms with van der Waals surface area (Å²) in [6.45, 7) is 4.07. The van der Waals surface area contributed by atoms with Crippen molar-refractivity contribution in [3.63, 3.8) is 0 Å². The van der Waals surface area contributed by atoms with Gasteiger partial charge in [-0.05, 0) is 67.7 Å². The molecule has 6 nitrogen and oxygen atoms in total. The van der Waals surface area contributed by atoms with Crippen molar-refractivity contribution in [1.82, 2.24) is 10.4 Å². The van der Waals surface area contributed by atoms with E-state index in [4.69, 9.17) is 14.2 Å². The van der Waals surface area contributed by atoms with Crippen LogP contribution in [0.25, 0.3) is 5.70 Å². The molecular weight excluding hydrogens is 392 g/mol. The molecule has 0 radical (unpaired) electrons. The number of esters is 1. The van der Waals surface area contributed by atoms with Crippen LogP contribution in [0.4, 0.5) is 0 Å². The average Bonchev–Trinajstić information content (AvgIpc) is 3.19. The van der Waals surface area contributed by atoms with E-state index in [1.807, 2.05) is 25.1 Å². The Labute approximate surface area is 183 Å². The first-order valence-electron chi connectivity index (χ1n) is 10.5. The van der Waals surface area contributed by atoms with Gasteiger partial charge in [0.25, 0.3) is 0 Å². The van der Waals surface area contributed by atoms with Crippen molar-refractivity contribution in [2.24, 2.45) is 0 Å². The number of hydrogen-bond acceptors (Lipinski definition) is 6. The molecule has 1 heterocycles. The lowest BCUT2D eigenvalue weighted by Gasteiger charge is -2.29. The van der Waals surface area contributed by atoms with Gasteiger partial charge in [-0.25, -0.2) is 4.79 Å². The van der Waals surface area contributed by atoms with Gasteiger partial charge in [-0.3, -0.25) is 10.4 Å². The number of aryl methyl sites for hydroxylation is 1. The van der Waals surface area contributed by atoms with Gasteiger partial charge in [0.05, 0.1) is 32.6 Å². The van der Waals surface area contributed by atoms with Gasteiger partial charge in [-0.1, -0.05) is 18.2 Å². The molecule has 0 saturated carbocycles. The maximum atomic E-state index is 12.1. The monoisotopic (exact) mass is 420 g/mol. The molecular formula is C25H28N2O4. The van der Waals surface area contributed by atoms with Gasteiger partial charge in [0.1, 0.15) is 11.5 Å². The molecule has 0 fully saturated rings. The maximum Gasteiger partial charge on any atom is 0.332 e. The van der Waals surface area contributed by atoms with Gasteiger partial charge in [-0.15, -0.1) is 0 Å². The van der Waals surface area contributed by atoms with Crippen LogP contribution < -0.4 is 14.9 Å². The normalized spacial score (nSPS) is 17.6. The van der Waals surface area contributed by atoms with Gasteiger partial charge < -0.3 is 14.2 Å². The van der Waals surface area contributed by atoms with E-state index in [1.54, 1.807) is 21.1 Å². The number of carbonyl (C=O) groups excluding carboxylic acids is 1. The molecule has 31 heavy (non-hydrogen) atoms. The maximum absolute atomic E-state index is 12.1. The number of rotatable bonds is 6. The Morgan fingerprint density at radius 2 is 1.81 bits per heavy atom. The number of nitrogens with one attached hydrogen (secondary N) is 1. The highest BCUT2D eigenvalue weighted by Gasteiger charge is 2.37. The number of nitrogens with zero attached hydrogens (tertiary/aromatic N) is 1. The Morgan fingerprint density at radius 1 is 1.10 bits per heavy atom. The van der Waals surface area contributed by atoms with E-state index in [2.05, 4.69) is 34.7 Å². The lowest BCUT2D eigenvalue weighted by Crippen LogP contribution is -2.33. The minimum atomic E-state index is -0.345. The van der Waals surface area contributed by atoms with Crippen molar-refractivity contribution in [1.29, 1.82) is 0 Å². The van der Waals surface area contributed by atoms with Crippen molar-refractivity contribution >= 4 is 11.7 Å². The zero-order chi connectivity index (χ0) is 22.0. The van der Waals surface area contributed by atoms with E-state index in [0.717, 1.165) is 46.9 Å². The van der Waals surface area contributed by atoms with Crippen LogP contribution in [0.15, 0.2) is 59.8 Å². The molecule has 0 amide bonds. The van der Waals surface area contributed by atoms with Gasteiger partial charge in [0.15, 0.2) is 0 Å². The molecule has 0 aromatic heterocycles. The van der Waals surface area contributed by atoms with E-state index in [1.165, 1.54) is 17.2 Å². The van der Waals surface area contributed by atoms with Gasteiger partial charge in [0.2, 0.25) is 0 Å². The van der Waals surface area contributed by atoms with Crippen LogP contribution in [-0.2, 0) is 16.0 Å². The highest BCUT2D eigenvalue weighted by atomic mass is 16.5. The standard InChI is InChI=1S/C25H28N2O4/c1-5-31-23(28)14-16(2)27-25(18-7-10-19(29-3)11-8-18)21-13-9-17-6-12-20(30-4)15-22(17)24(21)26-27/h6-8,10-12,14-15,25-26H,5,9,13H2,1-4H3/b16-14+/t25-/m1/s1. The van der Waals surface area contributed by atoms with Crippen LogP contribution in [0.1, 0.15) is 43.0 Å². The molecule has 0 unspecified atom stereocenters. The Bertz CT molecular complexity index is 1040. The topological polar surface area (TPSA) is 60.0 Å². The van der Waals surface area contributed by atoms with Crippen LogP contribution in [-0.4, -0.2) is 31.8 Å². The van der Waals surface area contributed by atoms with Crippen molar-refractivity contribution in [3.05, 3.63) is 76.5 Å². The summed E-state index contributed by atoms with van der Waals surface area (Å²) in [5.74, 6) is 1.29. The average molecular weight is 421 g/mol. The highest BCUT2D eigenvalue weighted by Crippen LogP contribution is 2.46. The van der Waals surface area contributed by atoms with E-state index in [0.29, 0.717) is 6.61 Å². The first-order chi connectivity index (χ1) is 15.0. The number of carbonyl (C=O) groups is 1. The summed E-state index contributed by atoms with van der Waals surface area (Å²) in [6.07, 6.45) is 3.43. The summed E-state index contributed by atoms with van der Waals surface area (Å²) in [4.78, 5) is 12.1. The third-order valence-corrected chi connectivity index (χ3v) is 5.82. The van der Waals surface area contributed by atoms with E-state index < -0.39 is 0 Å². The number of fused-ring (bicyclic) bond motifs is 2. The molecule has 162 valence electrons. The second kappa shape index (κ2) is 8.76. The van der Waals surface area contributed by atoms with Crippen molar-refractivity contribution in [3.8, 4) is 11.5 Å². The Morgan fingerprint density at radius 3 is 2.48 bits per heavy atom. The SMILES string of the molecule is CCOC(=O)/C=C(\C)N1NC2=C(CCc3ccc(OC)cc32)[C@H]1c1ccc(OC)cc1. The minimum Gasteiger partial charge on any atom is -0.497 e. The third kappa shape index (κ3) is 3.98. The zero-order valence-electron chi connectivity index (χ0n) is 18.4. The van der Waals surface area contributed by atoms with Crippen LogP contribution in [0.5, 0.6) is 11.5 Å². The van der Waals surface area contributed by atoms with Gasteiger partial charge in [0, 0.05) is 17.3 Å². The summed E-state index contributed by atoms with van der Waals surface area (Å²) in [7, 11) is 3.34. The third-order valence-electron chi connectivity index (χ3n) is 5.82. The summed E-state index contributed by atoms with van der Waals surface area (Å²) < 4.78 is 15.9. The van der Waals surface area contributed by atoms with Crippen LogP contribution in [0, 0.1) is 0 Å². The lowest BCUT2D eigenvalue weighted by atomic mass is 9.85. The molecule has 0 spiro atoms. The quantitative estimate of drug-likeness (QED) is 0.553. The summed E-state index contributed by atoms with van der Waals surface area (Å²) in [5.41, 5.74) is 10.3. The number of hydrogen-bond donors (Lipinski definition) is 1. The lowest BCUT2D eigenvalue weighted by molar-refractivity contribution is -0.137. The largest absolute Gasteiger partial charge is 0.497 e. The van der Waals surface area contributed by atoms with Crippen molar-refractivity contribution < 1.29 is 19.0 Å². The number of benzene rings is 2. The van der Waals surface area contributed by atoms with Gasteiger partial charge >= 0.3 is 5.97 Å². The second-order valence-electron chi connectivity index (χ2n) is 7.62. The molecule has 2 aromatic carbocycles. The Kier molecular flexibility index (Phi) is 5.89.